The van der Waals surface area contributed by atoms with Crippen LogP contribution in [0.2, 0.25) is 0 Å². The van der Waals surface area contributed by atoms with E-state index in [2.05, 4.69) is 29.7 Å². The molecule has 0 aliphatic carbocycles. The second-order valence-electron chi connectivity index (χ2n) is 5.72. The van der Waals surface area contributed by atoms with Gasteiger partial charge in [0.05, 0.1) is 5.75 Å². The standard InChI is InChI=1S/C21H20N2OS/c1-16-7-13-20(14-8-16)25-15-21(24)23-19-11-9-18(10-12-19)22-17-5-3-2-4-6-17/h2-14,22H,15H2,1H3,(H,23,24). The summed E-state index contributed by atoms with van der Waals surface area (Å²) in [5, 5.41) is 6.25. The fourth-order valence-electron chi connectivity index (χ4n) is 2.31. The predicted octanol–water partition coefficient (Wildman–Crippen LogP) is 5.47. The van der Waals surface area contributed by atoms with E-state index in [0.717, 1.165) is 22.0 Å². The van der Waals surface area contributed by atoms with Gasteiger partial charge in [0, 0.05) is 22.0 Å². The number of para-hydroxylation sites is 1. The second-order valence-corrected chi connectivity index (χ2v) is 6.77. The Bertz CT molecular complexity index is 815. The minimum Gasteiger partial charge on any atom is -0.356 e. The third-order valence-corrected chi connectivity index (χ3v) is 4.63. The highest BCUT2D eigenvalue weighted by Crippen LogP contribution is 2.20. The summed E-state index contributed by atoms with van der Waals surface area (Å²) in [7, 11) is 0. The lowest BCUT2D eigenvalue weighted by Gasteiger charge is -2.09. The molecule has 4 heteroatoms. The maximum absolute atomic E-state index is 12.1. The van der Waals surface area contributed by atoms with Gasteiger partial charge in [-0.1, -0.05) is 35.9 Å². The molecule has 0 heterocycles. The molecule has 3 aromatic carbocycles. The van der Waals surface area contributed by atoms with E-state index in [1.807, 2.05) is 66.7 Å². The average molecular weight is 348 g/mol. The van der Waals surface area contributed by atoms with Crippen LogP contribution in [-0.4, -0.2) is 11.7 Å². The number of rotatable bonds is 6. The second kappa shape index (κ2) is 8.40. The lowest BCUT2D eigenvalue weighted by atomic mass is 10.2. The number of thioether (sulfide) groups is 1. The first-order chi connectivity index (χ1) is 12.2. The Hall–Kier alpha value is -2.72. The van der Waals surface area contributed by atoms with Gasteiger partial charge >= 0.3 is 0 Å². The number of amides is 1. The molecule has 3 nitrogen and oxygen atoms in total. The Labute approximate surface area is 152 Å². The Morgan fingerprint density at radius 1 is 0.800 bits per heavy atom. The van der Waals surface area contributed by atoms with Gasteiger partial charge in [-0.05, 0) is 55.5 Å². The zero-order valence-electron chi connectivity index (χ0n) is 14.0. The lowest BCUT2D eigenvalue weighted by molar-refractivity contribution is -0.113. The van der Waals surface area contributed by atoms with Gasteiger partial charge in [-0.15, -0.1) is 11.8 Å². The molecule has 0 fully saturated rings. The van der Waals surface area contributed by atoms with Crippen LogP contribution in [0.15, 0.2) is 83.8 Å². The largest absolute Gasteiger partial charge is 0.356 e. The molecule has 1 amide bonds. The molecule has 0 atom stereocenters. The Balaban J connectivity index is 1.50. The Kier molecular flexibility index (Phi) is 5.75. The SMILES string of the molecule is Cc1ccc(SCC(=O)Nc2ccc(Nc3ccccc3)cc2)cc1. The van der Waals surface area contributed by atoms with Gasteiger partial charge in [0.2, 0.25) is 5.91 Å². The first-order valence-electron chi connectivity index (χ1n) is 8.10. The molecule has 0 saturated carbocycles. The molecule has 0 saturated heterocycles. The van der Waals surface area contributed by atoms with Gasteiger partial charge in [-0.2, -0.15) is 0 Å². The number of hydrogen-bond acceptors (Lipinski definition) is 3. The van der Waals surface area contributed by atoms with Gasteiger partial charge in [0.1, 0.15) is 0 Å². The van der Waals surface area contributed by atoms with Crippen LogP contribution in [-0.2, 0) is 4.79 Å². The summed E-state index contributed by atoms with van der Waals surface area (Å²) in [6.07, 6.45) is 0. The van der Waals surface area contributed by atoms with Crippen LogP contribution >= 0.6 is 11.8 Å². The van der Waals surface area contributed by atoms with Gasteiger partial charge in [-0.25, -0.2) is 0 Å². The summed E-state index contributed by atoms with van der Waals surface area (Å²) in [5.74, 6) is 0.391. The smallest absolute Gasteiger partial charge is 0.234 e. The van der Waals surface area contributed by atoms with Crippen molar-refractivity contribution in [2.75, 3.05) is 16.4 Å². The number of carbonyl (C=O) groups excluding carboxylic acids is 1. The van der Waals surface area contributed by atoms with E-state index in [4.69, 9.17) is 0 Å². The zero-order valence-corrected chi connectivity index (χ0v) is 14.8. The van der Waals surface area contributed by atoms with Crippen molar-refractivity contribution in [3.05, 3.63) is 84.4 Å². The number of benzene rings is 3. The summed E-state index contributed by atoms with van der Waals surface area (Å²) in [6.45, 7) is 2.05. The summed E-state index contributed by atoms with van der Waals surface area (Å²) in [4.78, 5) is 13.2. The van der Waals surface area contributed by atoms with E-state index in [0.29, 0.717) is 5.75 Å². The van der Waals surface area contributed by atoms with Crippen molar-refractivity contribution in [3.8, 4) is 0 Å². The molecular formula is C21H20N2OS. The van der Waals surface area contributed by atoms with Gasteiger partial charge in [0.15, 0.2) is 0 Å². The van der Waals surface area contributed by atoms with Crippen LogP contribution in [0, 0.1) is 6.92 Å². The van der Waals surface area contributed by atoms with E-state index in [1.165, 1.54) is 17.3 Å². The third-order valence-electron chi connectivity index (χ3n) is 3.62. The van der Waals surface area contributed by atoms with E-state index in [-0.39, 0.29) is 5.91 Å². The maximum atomic E-state index is 12.1. The molecule has 126 valence electrons. The minimum atomic E-state index is -0.00524. The van der Waals surface area contributed by atoms with Crippen LogP contribution in [0.5, 0.6) is 0 Å². The van der Waals surface area contributed by atoms with E-state index in [9.17, 15) is 4.79 Å². The monoisotopic (exact) mass is 348 g/mol. The summed E-state index contributed by atoms with van der Waals surface area (Å²) in [5.41, 5.74) is 4.04. The van der Waals surface area contributed by atoms with Crippen molar-refractivity contribution in [3.63, 3.8) is 0 Å². The number of nitrogens with one attached hydrogen (secondary N) is 2. The molecule has 0 unspecified atom stereocenters. The Morgan fingerprint density at radius 3 is 2.08 bits per heavy atom. The van der Waals surface area contributed by atoms with Crippen molar-refractivity contribution >= 4 is 34.7 Å². The molecule has 2 N–H and O–H groups in total. The van der Waals surface area contributed by atoms with Crippen LogP contribution in [0.3, 0.4) is 0 Å². The van der Waals surface area contributed by atoms with Gasteiger partial charge in [-0.3, -0.25) is 4.79 Å². The van der Waals surface area contributed by atoms with Crippen LogP contribution in [0.4, 0.5) is 17.1 Å². The molecule has 0 aliphatic rings. The minimum absolute atomic E-state index is 0.00524. The fraction of sp³-hybridized carbons (Fsp3) is 0.0952. The van der Waals surface area contributed by atoms with Crippen LogP contribution in [0.25, 0.3) is 0 Å². The predicted molar refractivity (Wildman–Crippen MR) is 107 cm³/mol. The first-order valence-corrected chi connectivity index (χ1v) is 9.09. The normalized spacial score (nSPS) is 10.3. The molecule has 0 aliphatic heterocycles. The van der Waals surface area contributed by atoms with Crippen LogP contribution in [0.1, 0.15) is 5.56 Å². The highest BCUT2D eigenvalue weighted by Gasteiger charge is 2.04. The van der Waals surface area contributed by atoms with Crippen molar-refractivity contribution in [2.24, 2.45) is 0 Å². The lowest BCUT2D eigenvalue weighted by Crippen LogP contribution is -2.13. The number of hydrogen-bond donors (Lipinski definition) is 2. The molecule has 0 aromatic heterocycles. The highest BCUT2D eigenvalue weighted by atomic mass is 32.2. The molecule has 3 aromatic rings. The molecule has 25 heavy (non-hydrogen) atoms. The topological polar surface area (TPSA) is 41.1 Å². The quantitative estimate of drug-likeness (QED) is 0.580. The van der Waals surface area contributed by atoms with Gasteiger partial charge < -0.3 is 10.6 Å². The Morgan fingerprint density at radius 2 is 1.40 bits per heavy atom. The van der Waals surface area contributed by atoms with E-state index < -0.39 is 0 Å². The summed E-state index contributed by atoms with van der Waals surface area (Å²) < 4.78 is 0. The molecule has 0 radical (unpaired) electrons. The first kappa shape index (κ1) is 17.1. The molecule has 0 bridgehead atoms. The van der Waals surface area contributed by atoms with Crippen molar-refractivity contribution in [2.45, 2.75) is 11.8 Å². The molecule has 3 rings (SSSR count). The van der Waals surface area contributed by atoms with E-state index in [1.54, 1.807) is 0 Å². The van der Waals surface area contributed by atoms with Crippen molar-refractivity contribution in [1.29, 1.82) is 0 Å². The van der Waals surface area contributed by atoms with E-state index >= 15 is 0 Å². The summed E-state index contributed by atoms with van der Waals surface area (Å²) in [6, 6.07) is 25.9. The maximum Gasteiger partial charge on any atom is 0.234 e. The van der Waals surface area contributed by atoms with Crippen LogP contribution < -0.4 is 10.6 Å². The molecule has 0 spiro atoms. The molecular weight excluding hydrogens is 328 g/mol. The fourth-order valence-corrected chi connectivity index (χ4v) is 3.00. The average Bonchev–Trinajstić information content (AvgIpc) is 2.64. The van der Waals surface area contributed by atoms with Gasteiger partial charge in [0.25, 0.3) is 0 Å². The van der Waals surface area contributed by atoms with Crippen molar-refractivity contribution in [1.82, 2.24) is 0 Å². The highest BCUT2D eigenvalue weighted by molar-refractivity contribution is 8.00. The number of aryl methyl sites for hydroxylation is 1. The number of anilines is 3. The summed E-state index contributed by atoms with van der Waals surface area (Å²) >= 11 is 1.54. The van der Waals surface area contributed by atoms with Crippen molar-refractivity contribution < 1.29 is 4.79 Å². The number of carbonyl (C=O) groups is 1. The third kappa shape index (κ3) is 5.40. The zero-order chi connectivity index (χ0) is 17.5.